The van der Waals surface area contributed by atoms with Gasteiger partial charge < -0.3 is 15.2 Å². The van der Waals surface area contributed by atoms with Gasteiger partial charge in [-0.1, -0.05) is 37.6 Å². The van der Waals surface area contributed by atoms with Crippen molar-refractivity contribution >= 4 is 43.3 Å². The van der Waals surface area contributed by atoms with Crippen molar-refractivity contribution in [2.45, 2.75) is 76.2 Å². The monoisotopic (exact) mass is 548 g/mol. The summed E-state index contributed by atoms with van der Waals surface area (Å²) in [5, 5.41) is 1.66. The highest BCUT2D eigenvalue weighted by atomic mass is 32.2. The van der Waals surface area contributed by atoms with Crippen molar-refractivity contribution in [1.82, 2.24) is 19.3 Å². The molecule has 1 aliphatic carbocycles. The molecule has 0 saturated heterocycles. The Bertz CT molecular complexity index is 1590. The summed E-state index contributed by atoms with van der Waals surface area (Å²) in [5.41, 5.74) is 11.8. The summed E-state index contributed by atoms with van der Waals surface area (Å²) in [6, 6.07) is 11.2. The Morgan fingerprint density at radius 3 is 2.56 bits per heavy atom. The number of sulfonamides is 1. The third kappa shape index (κ3) is 5.47. The Labute approximate surface area is 231 Å². The topological polar surface area (TPSA) is 106 Å². The highest BCUT2D eigenvalue weighted by Crippen LogP contribution is 2.33. The van der Waals surface area contributed by atoms with Gasteiger partial charge in [0.1, 0.15) is 11.3 Å². The van der Waals surface area contributed by atoms with Crippen molar-refractivity contribution in [2.24, 2.45) is 0 Å². The molecule has 0 atom stereocenters. The highest BCUT2D eigenvalue weighted by Gasteiger charge is 2.23. The number of nitrogens with zero attached hydrogens (tertiary/aromatic N) is 4. The van der Waals surface area contributed by atoms with Crippen LogP contribution in [0.25, 0.3) is 21.8 Å². The fourth-order valence-electron chi connectivity index (χ4n) is 5.78. The Morgan fingerprint density at radius 2 is 1.77 bits per heavy atom. The van der Waals surface area contributed by atoms with Crippen molar-refractivity contribution in [3.63, 3.8) is 0 Å². The van der Waals surface area contributed by atoms with E-state index < -0.39 is 10.0 Å². The molecule has 3 N–H and O–H groups in total. The van der Waals surface area contributed by atoms with Gasteiger partial charge in [-0.15, -0.1) is 0 Å². The van der Waals surface area contributed by atoms with Crippen LogP contribution in [0, 0.1) is 0 Å². The molecule has 0 unspecified atom stereocenters. The van der Waals surface area contributed by atoms with Crippen LogP contribution in [-0.4, -0.2) is 43.6 Å². The summed E-state index contributed by atoms with van der Waals surface area (Å²) in [6.45, 7) is 3.35. The smallest absolute Gasteiger partial charge is 0.241 e. The van der Waals surface area contributed by atoms with Gasteiger partial charge >= 0.3 is 0 Å². The number of benzene rings is 2. The van der Waals surface area contributed by atoms with E-state index in [0.29, 0.717) is 17.3 Å². The zero-order valence-electron chi connectivity index (χ0n) is 23.3. The fraction of sp³-hybridized carbons (Fsp3) is 0.467. The predicted octanol–water partition coefficient (Wildman–Crippen LogP) is 5.21. The number of aromatic nitrogens is 3. The van der Waals surface area contributed by atoms with Gasteiger partial charge in [0.05, 0.1) is 10.4 Å². The minimum absolute atomic E-state index is 0.320. The number of rotatable bonds is 11. The van der Waals surface area contributed by atoms with E-state index in [1.165, 1.54) is 5.56 Å². The molecule has 0 fully saturated rings. The van der Waals surface area contributed by atoms with Gasteiger partial charge in [0.25, 0.3) is 0 Å². The lowest BCUT2D eigenvalue weighted by atomic mass is 9.95. The van der Waals surface area contributed by atoms with Crippen LogP contribution in [0.15, 0.2) is 41.3 Å². The molecule has 0 amide bonds. The van der Waals surface area contributed by atoms with E-state index >= 15 is 0 Å². The number of nitrogens with two attached hydrogens (primary N) is 1. The molecule has 5 rings (SSSR count). The van der Waals surface area contributed by atoms with Gasteiger partial charge in [0, 0.05) is 55.8 Å². The zero-order chi connectivity index (χ0) is 27.6. The summed E-state index contributed by atoms with van der Waals surface area (Å²) < 4.78 is 31.8. The van der Waals surface area contributed by atoms with Gasteiger partial charge in [-0.3, -0.25) is 0 Å². The number of unbranched alkanes of at least 4 members (excludes halogenated alkanes) is 2. The largest absolute Gasteiger partial charge is 0.382 e. The van der Waals surface area contributed by atoms with Crippen molar-refractivity contribution in [1.29, 1.82) is 0 Å². The standard InChI is InChI=1S/C30H40N6O2S/c1-4-5-18-27-34-28-29(23-12-6-7-15-24(23)33-30(28)31)36(27)20-9-8-19-32-39(37,38)26-17-11-13-21-22(26)14-10-16-25(21)35(2)3/h10-11,13-14,16-17,32H,4-9,12,15,18-20H2,1-3H3,(H2,31,33). The van der Waals surface area contributed by atoms with Gasteiger partial charge in [-0.25, -0.2) is 23.1 Å². The van der Waals surface area contributed by atoms with Crippen LogP contribution >= 0.6 is 0 Å². The molecule has 9 heteroatoms. The number of hydrogen-bond acceptors (Lipinski definition) is 6. The molecule has 0 bridgehead atoms. The summed E-state index contributed by atoms with van der Waals surface area (Å²) >= 11 is 0. The summed E-state index contributed by atoms with van der Waals surface area (Å²) in [6.07, 6.45) is 8.93. The maximum atomic E-state index is 13.3. The van der Waals surface area contributed by atoms with Crippen LogP contribution in [-0.2, 0) is 35.8 Å². The molecule has 2 aromatic carbocycles. The second-order valence-electron chi connectivity index (χ2n) is 10.7. The molecule has 1 aliphatic rings. The Balaban J connectivity index is 1.32. The number of nitrogen functional groups attached to an aromatic ring is 1. The summed E-state index contributed by atoms with van der Waals surface area (Å²) in [7, 11) is 0.280. The van der Waals surface area contributed by atoms with E-state index in [4.69, 9.17) is 15.7 Å². The average molecular weight is 549 g/mol. The number of imidazole rings is 1. The Kier molecular flexibility index (Phi) is 8.09. The van der Waals surface area contributed by atoms with Crippen LogP contribution in [0.2, 0.25) is 0 Å². The number of pyridine rings is 1. The second kappa shape index (κ2) is 11.5. The third-order valence-corrected chi connectivity index (χ3v) is 9.27. The zero-order valence-corrected chi connectivity index (χ0v) is 24.1. The molecule has 0 spiro atoms. The molecule has 2 heterocycles. The fourth-order valence-corrected chi connectivity index (χ4v) is 7.08. The van der Waals surface area contributed by atoms with Crippen molar-refractivity contribution in [3.8, 4) is 0 Å². The van der Waals surface area contributed by atoms with E-state index in [-0.39, 0.29) is 0 Å². The first-order valence-corrected chi connectivity index (χ1v) is 15.6. The minimum Gasteiger partial charge on any atom is -0.382 e. The van der Waals surface area contributed by atoms with E-state index in [0.717, 1.165) is 103 Å². The molecule has 8 nitrogen and oxygen atoms in total. The lowest BCUT2D eigenvalue weighted by Gasteiger charge is -2.18. The number of nitrogens with one attached hydrogen (secondary N) is 1. The van der Waals surface area contributed by atoms with Crippen molar-refractivity contribution < 1.29 is 8.42 Å². The van der Waals surface area contributed by atoms with E-state index in [2.05, 4.69) is 16.2 Å². The maximum absolute atomic E-state index is 13.3. The molecule has 0 saturated carbocycles. The third-order valence-electron chi connectivity index (χ3n) is 7.75. The summed E-state index contributed by atoms with van der Waals surface area (Å²) in [4.78, 5) is 12.0. The first kappa shape index (κ1) is 27.4. The number of hydrogen-bond donors (Lipinski definition) is 2. The van der Waals surface area contributed by atoms with Crippen LogP contribution in [0.1, 0.15) is 62.5 Å². The Hall–Kier alpha value is -3.17. The van der Waals surface area contributed by atoms with Crippen molar-refractivity contribution in [3.05, 3.63) is 53.5 Å². The molecule has 0 radical (unpaired) electrons. The second-order valence-corrected chi connectivity index (χ2v) is 12.5. The van der Waals surface area contributed by atoms with E-state index in [1.807, 2.05) is 49.3 Å². The lowest BCUT2D eigenvalue weighted by Crippen LogP contribution is -2.25. The normalized spacial score (nSPS) is 13.7. The van der Waals surface area contributed by atoms with Crippen molar-refractivity contribution in [2.75, 3.05) is 31.3 Å². The molecule has 2 aromatic heterocycles. The van der Waals surface area contributed by atoms with Gasteiger partial charge in [0.2, 0.25) is 10.0 Å². The molecule has 0 aliphatic heterocycles. The predicted molar refractivity (Wildman–Crippen MR) is 160 cm³/mol. The van der Waals surface area contributed by atoms with Crippen LogP contribution in [0.5, 0.6) is 0 Å². The quantitative estimate of drug-likeness (QED) is 0.249. The van der Waals surface area contributed by atoms with Crippen LogP contribution in [0.3, 0.4) is 0 Å². The SMILES string of the molecule is CCCCc1nc2c(N)nc3c(c2n1CCCCNS(=O)(=O)c1cccc2c(N(C)C)cccc12)CCCC3. The number of anilines is 2. The first-order valence-electron chi connectivity index (χ1n) is 14.2. The van der Waals surface area contributed by atoms with Gasteiger partial charge in [-0.05, 0) is 62.6 Å². The summed E-state index contributed by atoms with van der Waals surface area (Å²) in [5.74, 6) is 1.59. The van der Waals surface area contributed by atoms with Gasteiger partial charge in [0.15, 0.2) is 5.82 Å². The molecule has 208 valence electrons. The number of fused-ring (bicyclic) bond motifs is 4. The average Bonchev–Trinajstić information content (AvgIpc) is 3.30. The molecule has 39 heavy (non-hydrogen) atoms. The maximum Gasteiger partial charge on any atom is 0.241 e. The van der Waals surface area contributed by atoms with Gasteiger partial charge in [-0.2, -0.15) is 0 Å². The molecule has 4 aromatic rings. The minimum atomic E-state index is -3.65. The lowest BCUT2D eigenvalue weighted by molar-refractivity contribution is 0.560. The number of aryl methyl sites for hydroxylation is 4. The first-order chi connectivity index (χ1) is 18.8. The highest BCUT2D eigenvalue weighted by molar-refractivity contribution is 7.89. The molecular formula is C30H40N6O2S. The Morgan fingerprint density at radius 1 is 1.00 bits per heavy atom. The van der Waals surface area contributed by atoms with E-state index in [9.17, 15) is 8.42 Å². The van der Waals surface area contributed by atoms with E-state index in [1.54, 1.807) is 6.07 Å². The van der Waals surface area contributed by atoms with Crippen LogP contribution < -0.4 is 15.4 Å². The molecular weight excluding hydrogens is 508 g/mol. The van der Waals surface area contributed by atoms with Crippen LogP contribution in [0.4, 0.5) is 11.5 Å².